The number of nitrogens with one attached hydrogen (secondary N) is 1. The molecule has 0 bridgehead atoms. The topological polar surface area (TPSA) is 109 Å². The lowest BCUT2D eigenvalue weighted by Gasteiger charge is -2.14. The molecule has 0 unspecified atom stereocenters. The maximum atomic E-state index is 12.9. The SMILES string of the molecule is COc1cc(/C=C2\SC(=O)N(CC(=O)Nc3ccc(C)cc3)C2=O)cc(Cl)c1OCc1ccccc1C#N. The minimum absolute atomic E-state index is 0.0999. The molecule has 3 aromatic carbocycles. The Morgan fingerprint density at radius 3 is 2.61 bits per heavy atom. The quantitative estimate of drug-likeness (QED) is 0.356. The number of methoxy groups -OCH3 is 1. The van der Waals surface area contributed by atoms with E-state index in [2.05, 4.69) is 11.4 Å². The largest absolute Gasteiger partial charge is 0.493 e. The maximum Gasteiger partial charge on any atom is 0.294 e. The lowest BCUT2D eigenvalue weighted by Crippen LogP contribution is -2.36. The summed E-state index contributed by atoms with van der Waals surface area (Å²) >= 11 is 7.20. The highest BCUT2D eigenvalue weighted by Crippen LogP contribution is 2.39. The van der Waals surface area contributed by atoms with Crippen LogP contribution in [-0.2, 0) is 16.2 Å². The first-order valence-electron chi connectivity index (χ1n) is 11.4. The highest BCUT2D eigenvalue weighted by Gasteiger charge is 2.36. The second-order valence-electron chi connectivity index (χ2n) is 8.27. The number of aryl methyl sites for hydroxylation is 1. The highest BCUT2D eigenvalue weighted by molar-refractivity contribution is 8.18. The third-order valence-corrected chi connectivity index (χ3v) is 6.76. The summed E-state index contributed by atoms with van der Waals surface area (Å²) in [6.45, 7) is 1.62. The molecule has 3 amide bonds. The molecule has 1 fully saturated rings. The molecule has 0 aromatic heterocycles. The van der Waals surface area contributed by atoms with Crippen LogP contribution in [0.1, 0.15) is 22.3 Å². The zero-order valence-corrected chi connectivity index (χ0v) is 22.1. The van der Waals surface area contributed by atoms with Crippen LogP contribution in [0.5, 0.6) is 11.5 Å². The van der Waals surface area contributed by atoms with Gasteiger partial charge in [0, 0.05) is 11.3 Å². The number of rotatable bonds is 8. The van der Waals surface area contributed by atoms with Gasteiger partial charge in [-0.3, -0.25) is 19.3 Å². The van der Waals surface area contributed by atoms with Crippen molar-refractivity contribution in [1.82, 2.24) is 4.90 Å². The monoisotopic (exact) mass is 547 g/mol. The van der Waals surface area contributed by atoms with Crippen molar-refractivity contribution >= 4 is 52.2 Å². The minimum Gasteiger partial charge on any atom is -0.493 e. The van der Waals surface area contributed by atoms with Gasteiger partial charge in [-0.1, -0.05) is 47.5 Å². The van der Waals surface area contributed by atoms with Crippen molar-refractivity contribution in [2.45, 2.75) is 13.5 Å². The second kappa shape index (κ2) is 11.9. The lowest BCUT2D eigenvalue weighted by atomic mass is 10.1. The number of nitrogens with zero attached hydrogens (tertiary/aromatic N) is 2. The molecular formula is C28H22ClN3O5S. The molecule has 38 heavy (non-hydrogen) atoms. The van der Waals surface area contributed by atoms with Crippen LogP contribution in [0.3, 0.4) is 0 Å². The van der Waals surface area contributed by atoms with Crippen LogP contribution in [0, 0.1) is 18.3 Å². The number of benzene rings is 3. The van der Waals surface area contributed by atoms with Crippen molar-refractivity contribution in [3.8, 4) is 17.6 Å². The Hall–Kier alpha value is -4.26. The zero-order chi connectivity index (χ0) is 27.2. The van der Waals surface area contributed by atoms with Crippen molar-refractivity contribution in [3.63, 3.8) is 0 Å². The predicted molar refractivity (Wildman–Crippen MR) is 146 cm³/mol. The van der Waals surface area contributed by atoms with E-state index in [-0.39, 0.29) is 22.3 Å². The van der Waals surface area contributed by atoms with Gasteiger partial charge >= 0.3 is 0 Å². The first-order valence-corrected chi connectivity index (χ1v) is 12.6. The van der Waals surface area contributed by atoms with E-state index in [1.54, 1.807) is 48.5 Å². The van der Waals surface area contributed by atoms with Gasteiger partial charge in [-0.2, -0.15) is 5.26 Å². The van der Waals surface area contributed by atoms with E-state index in [0.29, 0.717) is 28.1 Å². The van der Waals surface area contributed by atoms with E-state index in [1.165, 1.54) is 13.2 Å². The molecule has 0 saturated carbocycles. The molecule has 1 aliphatic rings. The average molecular weight is 548 g/mol. The van der Waals surface area contributed by atoms with Gasteiger partial charge in [-0.25, -0.2) is 0 Å². The molecule has 1 aliphatic heterocycles. The molecule has 10 heteroatoms. The van der Waals surface area contributed by atoms with Crippen LogP contribution < -0.4 is 14.8 Å². The van der Waals surface area contributed by atoms with Gasteiger partial charge in [0.1, 0.15) is 13.2 Å². The van der Waals surface area contributed by atoms with Crippen molar-refractivity contribution in [2.75, 3.05) is 19.0 Å². The maximum absolute atomic E-state index is 12.9. The third-order valence-electron chi connectivity index (χ3n) is 5.57. The molecule has 0 aliphatic carbocycles. The third kappa shape index (κ3) is 6.17. The van der Waals surface area contributed by atoms with Gasteiger partial charge in [-0.05, 0) is 60.7 Å². The Bertz CT molecular complexity index is 1480. The summed E-state index contributed by atoms with van der Waals surface area (Å²) in [5, 5.41) is 11.6. The number of nitriles is 1. The number of hydrogen-bond acceptors (Lipinski definition) is 7. The van der Waals surface area contributed by atoms with Crippen LogP contribution in [0.2, 0.25) is 5.02 Å². The molecule has 0 spiro atoms. The normalized spacial score (nSPS) is 13.9. The molecule has 1 N–H and O–H groups in total. The number of hydrogen-bond donors (Lipinski definition) is 1. The molecule has 8 nitrogen and oxygen atoms in total. The van der Waals surface area contributed by atoms with E-state index >= 15 is 0 Å². The van der Waals surface area contributed by atoms with E-state index in [9.17, 15) is 19.6 Å². The number of halogens is 1. The summed E-state index contributed by atoms with van der Waals surface area (Å²) in [6.07, 6.45) is 1.51. The average Bonchev–Trinajstić information content (AvgIpc) is 3.16. The Morgan fingerprint density at radius 2 is 1.89 bits per heavy atom. The Kier molecular flexibility index (Phi) is 8.36. The summed E-state index contributed by atoms with van der Waals surface area (Å²) in [6, 6.07) is 19.5. The standard InChI is InChI=1S/C28H22ClN3O5S/c1-17-7-9-21(10-8-17)31-25(33)15-32-27(34)24(38-28(32)35)13-18-11-22(29)26(23(12-18)36-2)37-16-20-6-4-3-5-19(20)14-30/h3-13H,15-16H2,1-2H3,(H,31,33)/b24-13-. The number of thioether (sulfide) groups is 1. The van der Waals surface area contributed by atoms with Gasteiger partial charge in [-0.15, -0.1) is 0 Å². The molecule has 3 aromatic rings. The van der Waals surface area contributed by atoms with Gasteiger partial charge < -0.3 is 14.8 Å². The molecule has 1 saturated heterocycles. The highest BCUT2D eigenvalue weighted by atomic mass is 35.5. The molecule has 4 rings (SSSR count). The number of ether oxygens (including phenoxy) is 2. The van der Waals surface area contributed by atoms with Crippen LogP contribution in [0.15, 0.2) is 65.6 Å². The van der Waals surface area contributed by atoms with Gasteiger partial charge in [0.05, 0.1) is 28.7 Å². The van der Waals surface area contributed by atoms with Gasteiger partial charge in [0.25, 0.3) is 11.1 Å². The fraction of sp³-hybridized carbons (Fsp3) is 0.143. The Labute approximate surface area is 228 Å². The molecule has 192 valence electrons. The van der Waals surface area contributed by atoms with Gasteiger partial charge in [0.2, 0.25) is 5.91 Å². The van der Waals surface area contributed by atoms with Crippen molar-refractivity contribution in [3.05, 3.63) is 92.8 Å². The molecule has 0 atom stereocenters. The summed E-state index contributed by atoms with van der Waals surface area (Å²) in [7, 11) is 1.45. The number of carbonyl (C=O) groups is 3. The predicted octanol–water partition coefficient (Wildman–Crippen LogP) is 5.78. The Balaban J connectivity index is 1.48. The van der Waals surface area contributed by atoms with Crippen LogP contribution >= 0.6 is 23.4 Å². The summed E-state index contributed by atoms with van der Waals surface area (Å²) in [5.74, 6) is -0.473. The number of anilines is 1. The van der Waals surface area contributed by atoms with Crippen molar-refractivity contribution < 1.29 is 23.9 Å². The smallest absolute Gasteiger partial charge is 0.294 e. The zero-order valence-electron chi connectivity index (χ0n) is 20.5. The molecular weight excluding hydrogens is 526 g/mol. The summed E-state index contributed by atoms with van der Waals surface area (Å²) < 4.78 is 11.3. The fourth-order valence-electron chi connectivity index (χ4n) is 3.64. The van der Waals surface area contributed by atoms with Crippen molar-refractivity contribution in [2.24, 2.45) is 0 Å². The van der Waals surface area contributed by atoms with Crippen LogP contribution in [0.25, 0.3) is 6.08 Å². The van der Waals surface area contributed by atoms with Crippen molar-refractivity contribution in [1.29, 1.82) is 5.26 Å². The van der Waals surface area contributed by atoms with Crippen LogP contribution in [-0.4, -0.2) is 35.6 Å². The number of amides is 3. The molecule has 0 radical (unpaired) electrons. The first kappa shape index (κ1) is 26.8. The van der Waals surface area contributed by atoms with E-state index < -0.39 is 23.6 Å². The lowest BCUT2D eigenvalue weighted by molar-refractivity contribution is -0.127. The van der Waals surface area contributed by atoms with E-state index in [4.69, 9.17) is 21.1 Å². The minimum atomic E-state index is -0.581. The molecule has 1 heterocycles. The number of imide groups is 1. The van der Waals surface area contributed by atoms with E-state index in [0.717, 1.165) is 22.2 Å². The fourth-order valence-corrected chi connectivity index (χ4v) is 4.75. The second-order valence-corrected chi connectivity index (χ2v) is 9.67. The van der Waals surface area contributed by atoms with E-state index in [1.807, 2.05) is 19.1 Å². The van der Waals surface area contributed by atoms with Crippen LogP contribution in [0.4, 0.5) is 10.5 Å². The van der Waals surface area contributed by atoms with Gasteiger partial charge in [0.15, 0.2) is 11.5 Å². The first-order chi connectivity index (χ1) is 18.3. The Morgan fingerprint density at radius 1 is 1.16 bits per heavy atom. The summed E-state index contributed by atoms with van der Waals surface area (Å²) in [4.78, 5) is 38.9. The number of carbonyl (C=O) groups excluding carboxylic acids is 3. The summed E-state index contributed by atoms with van der Waals surface area (Å²) in [5.41, 5.74) is 3.30.